The number of benzene rings is 1. The maximum absolute atomic E-state index is 13.8. The number of piperazine rings is 1. The lowest BCUT2D eigenvalue weighted by atomic mass is 10.1. The second-order valence-corrected chi connectivity index (χ2v) is 12.5. The van der Waals surface area contributed by atoms with Gasteiger partial charge in [-0.2, -0.15) is 4.68 Å². The first-order valence-electron chi connectivity index (χ1n) is 14.4. The number of aromatic nitrogens is 3. The van der Waals surface area contributed by atoms with Crippen molar-refractivity contribution in [3.05, 3.63) is 52.2 Å². The molecule has 0 aliphatic carbocycles. The van der Waals surface area contributed by atoms with Gasteiger partial charge in [0, 0.05) is 31.9 Å². The van der Waals surface area contributed by atoms with Crippen LogP contribution in [-0.2, 0) is 9.47 Å². The van der Waals surface area contributed by atoms with E-state index in [9.17, 15) is 19.2 Å². The molecule has 0 atom stereocenters. The summed E-state index contributed by atoms with van der Waals surface area (Å²) in [4.78, 5) is 57.5. The van der Waals surface area contributed by atoms with Crippen LogP contribution in [0.1, 0.15) is 63.8 Å². The van der Waals surface area contributed by atoms with Gasteiger partial charge in [0.05, 0.1) is 29.4 Å². The SMILES string of the molecule is CCOC(=O)n1nc(NC(=O)c2ccc(N3CCN(C)CC3)cc2NC(=O)c2cnoc2C)c2cc(C(=O)OC(C)(C)C)sc21. The number of ether oxygens (including phenoxy) is 2. The van der Waals surface area contributed by atoms with Crippen molar-refractivity contribution in [2.24, 2.45) is 0 Å². The fourth-order valence-electron chi connectivity index (χ4n) is 4.71. The second kappa shape index (κ2) is 12.7. The van der Waals surface area contributed by atoms with E-state index in [1.54, 1.807) is 46.8 Å². The van der Waals surface area contributed by atoms with Crippen LogP contribution in [0.2, 0.25) is 0 Å². The van der Waals surface area contributed by atoms with Gasteiger partial charge in [0.1, 0.15) is 26.6 Å². The zero-order valence-electron chi connectivity index (χ0n) is 25.9. The number of aryl methyl sites for hydroxylation is 1. The predicted octanol–water partition coefficient (Wildman–Crippen LogP) is 4.61. The molecule has 14 nitrogen and oxygen atoms in total. The first-order chi connectivity index (χ1) is 21.3. The van der Waals surface area contributed by atoms with Gasteiger partial charge in [-0.1, -0.05) is 5.16 Å². The minimum absolute atomic E-state index is 0.0319. The number of carbonyl (C=O) groups is 4. The minimum atomic E-state index is -0.769. The number of likely N-dealkylation sites (N-methyl/N-ethyl adjacent to an activating group) is 1. The van der Waals surface area contributed by atoms with Gasteiger partial charge in [-0.3, -0.25) is 9.59 Å². The Morgan fingerprint density at radius 2 is 1.73 bits per heavy atom. The molecule has 1 aromatic carbocycles. The van der Waals surface area contributed by atoms with Gasteiger partial charge in [-0.15, -0.1) is 16.4 Å². The second-order valence-electron chi connectivity index (χ2n) is 11.5. The number of amides is 2. The lowest BCUT2D eigenvalue weighted by molar-refractivity contribution is 0.00750. The first-order valence-corrected chi connectivity index (χ1v) is 15.2. The van der Waals surface area contributed by atoms with Crippen molar-refractivity contribution in [1.82, 2.24) is 19.8 Å². The zero-order chi connectivity index (χ0) is 32.5. The third-order valence-corrected chi connectivity index (χ3v) is 8.08. The number of fused-ring (bicyclic) bond motifs is 1. The summed E-state index contributed by atoms with van der Waals surface area (Å²) in [5.74, 6) is -1.31. The summed E-state index contributed by atoms with van der Waals surface area (Å²) in [6.45, 7) is 11.9. The average molecular weight is 638 g/mol. The fourth-order valence-corrected chi connectivity index (χ4v) is 5.69. The van der Waals surface area contributed by atoms with Crippen molar-refractivity contribution < 1.29 is 33.2 Å². The molecule has 0 bridgehead atoms. The number of nitrogens with one attached hydrogen (secondary N) is 2. The third-order valence-electron chi connectivity index (χ3n) is 6.99. The van der Waals surface area contributed by atoms with Crippen LogP contribution in [0.15, 0.2) is 35.0 Å². The molecule has 4 heterocycles. The molecule has 1 fully saturated rings. The van der Waals surface area contributed by atoms with Crippen molar-refractivity contribution in [1.29, 1.82) is 0 Å². The molecule has 1 aliphatic rings. The van der Waals surface area contributed by atoms with Crippen LogP contribution in [0.4, 0.5) is 22.0 Å². The largest absolute Gasteiger partial charge is 0.456 e. The molecule has 1 saturated heterocycles. The standard InChI is InChI=1S/C30H35N7O7S/c1-7-42-29(41)37-27-20(15-23(45-27)28(40)43-30(3,4)5)24(34-37)33-25(38)19-9-8-18(36-12-10-35(6)11-13-36)14-22(19)32-26(39)21-16-31-44-17(21)2/h8-9,14-16H,7,10-13H2,1-6H3,(H,32,39)(H,33,34,38). The van der Waals surface area contributed by atoms with Gasteiger partial charge < -0.3 is 34.4 Å². The summed E-state index contributed by atoms with van der Waals surface area (Å²) in [6.07, 6.45) is 0.543. The molecule has 2 N–H and O–H groups in total. The molecule has 1 aliphatic heterocycles. The summed E-state index contributed by atoms with van der Waals surface area (Å²) in [7, 11) is 2.06. The Morgan fingerprint density at radius 1 is 1.02 bits per heavy atom. The maximum atomic E-state index is 13.8. The molecule has 0 saturated carbocycles. The van der Waals surface area contributed by atoms with Crippen LogP contribution < -0.4 is 15.5 Å². The van der Waals surface area contributed by atoms with E-state index in [0.717, 1.165) is 47.9 Å². The highest BCUT2D eigenvalue weighted by Crippen LogP contribution is 2.34. The van der Waals surface area contributed by atoms with Crippen molar-refractivity contribution in [3.63, 3.8) is 0 Å². The maximum Gasteiger partial charge on any atom is 0.436 e. The lowest BCUT2D eigenvalue weighted by Crippen LogP contribution is -2.44. The molecular weight excluding hydrogens is 602 g/mol. The van der Waals surface area contributed by atoms with E-state index >= 15 is 0 Å². The minimum Gasteiger partial charge on any atom is -0.456 e. The topological polar surface area (TPSA) is 161 Å². The van der Waals surface area contributed by atoms with Gasteiger partial charge in [-0.05, 0) is 65.9 Å². The molecule has 0 unspecified atom stereocenters. The first kappa shape index (κ1) is 31.7. The Kier molecular flexibility index (Phi) is 8.93. The van der Waals surface area contributed by atoms with Crippen molar-refractivity contribution in [2.75, 3.05) is 55.4 Å². The average Bonchev–Trinajstić information content (AvgIpc) is 3.69. The molecule has 2 amide bonds. The highest BCUT2D eigenvalue weighted by Gasteiger charge is 2.27. The highest BCUT2D eigenvalue weighted by molar-refractivity contribution is 7.20. The van der Waals surface area contributed by atoms with Gasteiger partial charge in [-0.25, -0.2) is 9.59 Å². The number of anilines is 3. The number of esters is 1. The van der Waals surface area contributed by atoms with Crippen LogP contribution >= 0.6 is 11.3 Å². The van der Waals surface area contributed by atoms with E-state index in [-0.39, 0.29) is 34.1 Å². The van der Waals surface area contributed by atoms with Crippen LogP contribution in [-0.4, -0.2) is 89.1 Å². The van der Waals surface area contributed by atoms with Crippen molar-refractivity contribution in [3.8, 4) is 0 Å². The van der Waals surface area contributed by atoms with Gasteiger partial charge >= 0.3 is 12.1 Å². The van der Waals surface area contributed by atoms with Gasteiger partial charge in [0.2, 0.25) is 0 Å². The Balaban J connectivity index is 1.50. The van der Waals surface area contributed by atoms with E-state index < -0.39 is 29.5 Å². The van der Waals surface area contributed by atoms with Crippen LogP contribution in [0.5, 0.6) is 0 Å². The fraction of sp³-hybridized carbons (Fsp3) is 0.400. The number of rotatable bonds is 7. The van der Waals surface area contributed by atoms with Crippen molar-refractivity contribution in [2.45, 2.75) is 40.2 Å². The smallest absolute Gasteiger partial charge is 0.436 e. The summed E-state index contributed by atoms with van der Waals surface area (Å²) < 4.78 is 16.7. The number of nitrogens with zero attached hydrogens (tertiary/aromatic N) is 5. The Hall–Kier alpha value is -4.76. The summed E-state index contributed by atoms with van der Waals surface area (Å²) in [6, 6.07) is 6.70. The number of hydrogen-bond donors (Lipinski definition) is 2. The molecular formula is C30H35N7O7S. The van der Waals surface area contributed by atoms with Gasteiger partial charge in [0.15, 0.2) is 5.82 Å². The molecule has 45 heavy (non-hydrogen) atoms. The van der Waals surface area contributed by atoms with Crippen molar-refractivity contribution >= 4 is 62.6 Å². The highest BCUT2D eigenvalue weighted by atomic mass is 32.1. The van der Waals surface area contributed by atoms with E-state index in [1.165, 1.54) is 12.3 Å². The molecule has 238 valence electrons. The Bertz CT molecular complexity index is 1760. The number of carbonyl (C=O) groups excluding carboxylic acids is 4. The lowest BCUT2D eigenvalue weighted by Gasteiger charge is -2.34. The third kappa shape index (κ3) is 6.99. The number of thiophene rings is 1. The molecule has 4 aromatic rings. The quantitative estimate of drug-likeness (QED) is 0.272. The van der Waals surface area contributed by atoms with E-state index in [4.69, 9.17) is 14.0 Å². The van der Waals surface area contributed by atoms with Crippen LogP contribution in [0.25, 0.3) is 10.2 Å². The Morgan fingerprint density at radius 3 is 2.38 bits per heavy atom. The summed E-state index contributed by atoms with van der Waals surface area (Å²) in [5, 5.41) is 13.9. The molecule has 5 rings (SSSR count). The number of hydrogen-bond acceptors (Lipinski definition) is 12. The van der Waals surface area contributed by atoms with E-state index in [0.29, 0.717) is 16.0 Å². The summed E-state index contributed by atoms with van der Waals surface area (Å²) in [5.41, 5.74) is 0.742. The van der Waals surface area contributed by atoms with Gasteiger partial charge in [0.25, 0.3) is 11.8 Å². The van der Waals surface area contributed by atoms with Crippen LogP contribution in [0, 0.1) is 6.92 Å². The monoisotopic (exact) mass is 637 g/mol. The van der Waals surface area contributed by atoms with Crippen LogP contribution in [0.3, 0.4) is 0 Å². The zero-order valence-corrected chi connectivity index (χ0v) is 26.7. The van der Waals surface area contributed by atoms with E-state index in [1.807, 2.05) is 6.07 Å². The molecule has 0 spiro atoms. The molecule has 15 heteroatoms. The molecule has 3 aromatic heterocycles. The normalized spacial score (nSPS) is 14.0. The Labute approximate surface area is 263 Å². The summed E-state index contributed by atoms with van der Waals surface area (Å²) >= 11 is 0.993. The molecule has 0 radical (unpaired) electrons. The van der Waals surface area contributed by atoms with E-state index in [2.05, 4.69) is 37.7 Å². The predicted molar refractivity (Wildman–Crippen MR) is 168 cm³/mol.